The smallest absolute Gasteiger partial charge is 0.244 e. The zero-order valence-electron chi connectivity index (χ0n) is 17.9. The molecule has 0 saturated carbocycles. The largest absolute Gasteiger partial charge is 0.341 e. The summed E-state index contributed by atoms with van der Waals surface area (Å²) in [5.74, 6) is 0.491. The molecule has 2 heterocycles. The molecule has 0 spiro atoms. The third kappa shape index (κ3) is 3.50. The highest BCUT2D eigenvalue weighted by molar-refractivity contribution is 7.71. The van der Waals surface area contributed by atoms with Gasteiger partial charge < -0.3 is 9.88 Å². The number of fused-ring (bicyclic) bond motifs is 3. The van der Waals surface area contributed by atoms with Crippen LogP contribution in [-0.4, -0.2) is 25.2 Å². The molecule has 2 N–H and O–H groups in total. The van der Waals surface area contributed by atoms with Gasteiger partial charge in [0.25, 0.3) is 0 Å². The Labute approximate surface area is 190 Å². The van der Waals surface area contributed by atoms with Crippen LogP contribution in [0.2, 0.25) is 0 Å². The maximum Gasteiger partial charge on any atom is 0.244 e. The Bertz CT molecular complexity index is 1520. The van der Waals surface area contributed by atoms with Gasteiger partial charge in [-0.1, -0.05) is 42.0 Å². The Balaban J connectivity index is 1.45. The minimum Gasteiger partial charge on any atom is -0.341 e. The van der Waals surface area contributed by atoms with Gasteiger partial charge in [0.1, 0.15) is 6.54 Å². The molecule has 3 aromatic carbocycles. The lowest BCUT2D eigenvalue weighted by molar-refractivity contribution is -0.116. The van der Waals surface area contributed by atoms with Crippen LogP contribution in [0.15, 0.2) is 66.7 Å². The second-order valence-electron chi connectivity index (χ2n) is 7.85. The molecule has 32 heavy (non-hydrogen) atoms. The number of hydrogen-bond acceptors (Lipinski definition) is 3. The number of para-hydroxylation sites is 1. The third-order valence-electron chi connectivity index (χ3n) is 5.71. The molecule has 0 aliphatic carbocycles. The third-order valence-corrected chi connectivity index (χ3v) is 6.02. The van der Waals surface area contributed by atoms with Gasteiger partial charge in [0.15, 0.2) is 10.6 Å². The number of carbonyl (C=O) groups is 1. The van der Waals surface area contributed by atoms with E-state index in [0.717, 1.165) is 34.3 Å². The standard InChI is InChI=1S/C25H23N5OS/c1-3-29-21-10-5-4-9-19(21)20-14-18(11-12-22(20)29)26-23(31)15-30-24(27-28-25(30)32)17-8-6-7-16(2)13-17/h4-14H,3,15H2,1-2H3,(H,26,31)(H,28,32). The van der Waals surface area contributed by atoms with E-state index in [1.165, 1.54) is 10.9 Å². The van der Waals surface area contributed by atoms with Crippen molar-refractivity contribution in [3.05, 3.63) is 77.1 Å². The maximum absolute atomic E-state index is 12.9. The number of nitrogens with one attached hydrogen (secondary N) is 2. The molecule has 0 saturated heterocycles. The van der Waals surface area contributed by atoms with Crippen molar-refractivity contribution in [1.29, 1.82) is 0 Å². The molecular weight excluding hydrogens is 418 g/mol. The van der Waals surface area contributed by atoms with Gasteiger partial charge in [-0.05, 0) is 56.4 Å². The first-order chi connectivity index (χ1) is 15.5. The van der Waals surface area contributed by atoms with E-state index in [2.05, 4.69) is 51.3 Å². The first kappa shape index (κ1) is 20.2. The highest BCUT2D eigenvalue weighted by Crippen LogP contribution is 2.31. The second-order valence-corrected chi connectivity index (χ2v) is 8.24. The molecule has 0 fully saturated rings. The summed E-state index contributed by atoms with van der Waals surface area (Å²) >= 11 is 5.38. The fourth-order valence-corrected chi connectivity index (χ4v) is 4.48. The number of H-pyrrole nitrogens is 1. The lowest BCUT2D eigenvalue weighted by atomic mass is 10.1. The topological polar surface area (TPSA) is 67.6 Å². The fourth-order valence-electron chi connectivity index (χ4n) is 4.29. The molecule has 6 nitrogen and oxygen atoms in total. The van der Waals surface area contributed by atoms with E-state index in [9.17, 15) is 4.79 Å². The minimum absolute atomic E-state index is 0.0768. The Morgan fingerprint density at radius 2 is 1.81 bits per heavy atom. The minimum atomic E-state index is -0.157. The van der Waals surface area contributed by atoms with Crippen molar-refractivity contribution in [3.8, 4) is 11.4 Å². The average molecular weight is 442 g/mol. The Kier molecular flexibility index (Phi) is 5.11. The van der Waals surface area contributed by atoms with Gasteiger partial charge in [0.05, 0.1) is 0 Å². The number of aromatic amines is 1. The molecule has 0 atom stereocenters. The summed E-state index contributed by atoms with van der Waals surface area (Å²) in [7, 11) is 0. The number of amides is 1. The summed E-state index contributed by atoms with van der Waals surface area (Å²) in [6, 6.07) is 22.4. The molecule has 0 aliphatic rings. The van der Waals surface area contributed by atoms with Crippen LogP contribution in [0.5, 0.6) is 0 Å². The first-order valence-electron chi connectivity index (χ1n) is 10.6. The van der Waals surface area contributed by atoms with Crippen LogP contribution in [0.1, 0.15) is 12.5 Å². The summed E-state index contributed by atoms with van der Waals surface area (Å²) in [5, 5.41) is 12.5. The Morgan fingerprint density at radius 1 is 1.00 bits per heavy atom. The van der Waals surface area contributed by atoms with Crippen molar-refractivity contribution in [1.82, 2.24) is 19.3 Å². The van der Waals surface area contributed by atoms with Crippen LogP contribution in [-0.2, 0) is 17.9 Å². The normalized spacial score (nSPS) is 11.3. The van der Waals surface area contributed by atoms with E-state index in [4.69, 9.17) is 12.2 Å². The van der Waals surface area contributed by atoms with Gasteiger partial charge in [-0.3, -0.25) is 14.5 Å². The summed E-state index contributed by atoms with van der Waals surface area (Å²) in [6.07, 6.45) is 0. The zero-order chi connectivity index (χ0) is 22.2. The van der Waals surface area contributed by atoms with E-state index in [1.807, 2.05) is 49.4 Å². The fraction of sp³-hybridized carbons (Fsp3) is 0.160. The average Bonchev–Trinajstić information content (AvgIpc) is 3.31. The molecule has 0 bridgehead atoms. The lowest BCUT2D eigenvalue weighted by Gasteiger charge is -2.09. The van der Waals surface area contributed by atoms with Crippen molar-refractivity contribution >= 4 is 45.6 Å². The van der Waals surface area contributed by atoms with E-state index >= 15 is 0 Å². The number of hydrogen-bond donors (Lipinski definition) is 2. The van der Waals surface area contributed by atoms with Crippen molar-refractivity contribution < 1.29 is 4.79 Å². The van der Waals surface area contributed by atoms with E-state index in [1.54, 1.807) is 4.57 Å². The SMILES string of the molecule is CCn1c2ccccc2c2cc(NC(=O)Cn3c(-c4cccc(C)c4)n[nH]c3=S)ccc21. The lowest BCUT2D eigenvalue weighted by Crippen LogP contribution is -2.19. The number of anilines is 1. The summed E-state index contributed by atoms with van der Waals surface area (Å²) in [6.45, 7) is 5.12. The molecule has 2 aromatic heterocycles. The van der Waals surface area contributed by atoms with Crippen molar-refractivity contribution in [2.24, 2.45) is 0 Å². The molecule has 7 heteroatoms. The van der Waals surface area contributed by atoms with Crippen LogP contribution in [0.3, 0.4) is 0 Å². The van der Waals surface area contributed by atoms with Crippen molar-refractivity contribution in [3.63, 3.8) is 0 Å². The van der Waals surface area contributed by atoms with E-state index in [0.29, 0.717) is 10.6 Å². The molecule has 1 amide bonds. The number of nitrogens with zero attached hydrogens (tertiary/aromatic N) is 3. The molecule has 0 radical (unpaired) electrons. The van der Waals surface area contributed by atoms with Gasteiger partial charge in [-0.15, -0.1) is 0 Å². The number of benzene rings is 3. The van der Waals surface area contributed by atoms with Gasteiger partial charge >= 0.3 is 0 Å². The maximum atomic E-state index is 12.9. The Morgan fingerprint density at radius 3 is 2.62 bits per heavy atom. The predicted octanol–water partition coefficient (Wildman–Crippen LogP) is 5.68. The van der Waals surface area contributed by atoms with Crippen LogP contribution < -0.4 is 5.32 Å². The summed E-state index contributed by atoms with van der Waals surface area (Å²) in [4.78, 5) is 12.9. The Hall–Kier alpha value is -3.71. The number of carbonyl (C=O) groups excluding carboxylic acids is 1. The zero-order valence-corrected chi connectivity index (χ0v) is 18.7. The van der Waals surface area contributed by atoms with Gasteiger partial charge in [0, 0.05) is 39.6 Å². The quantitative estimate of drug-likeness (QED) is 0.345. The summed E-state index contributed by atoms with van der Waals surface area (Å²) < 4.78 is 4.42. The van der Waals surface area contributed by atoms with E-state index < -0.39 is 0 Å². The number of rotatable bonds is 5. The molecule has 5 rings (SSSR count). The van der Waals surface area contributed by atoms with Crippen LogP contribution in [0, 0.1) is 11.7 Å². The van der Waals surface area contributed by atoms with Gasteiger partial charge in [0.2, 0.25) is 5.91 Å². The number of aryl methyl sites for hydroxylation is 2. The van der Waals surface area contributed by atoms with Crippen LogP contribution in [0.25, 0.3) is 33.2 Å². The molecule has 0 unspecified atom stereocenters. The first-order valence-corrected chi connectivity index (χ1v) is 11.0. The van der Waals surface area contributed by atoms with Gasteiger partial charge in [-0.25, -0.2) is 0 Å². The molecule has 0 aliphatic heterocycles. The molecular formula is C25H23N5OS. The molecule has 5 aromatic rings. The van der Waals surface area contributed by atoms with E-state index in [-0.39, 0.29) is 12.5 Å². The highest BCUT2D eigenvalue weighted by atomic mass is 32.1. The second kappa shape index (κ2) is 8.09. The predicted molar refractivity (Wildman–Crippen MR) is 131 cm³/mol. The van der Waals surface area contributed by atoms with Crippen LogP contribution >= 0.6 is 12.2 Å². The molecule has 160 valence electrons. The highest BCUT2D eigenvalue weighted by Gasteiger charge is 2.14. The van der Waals surface area contributed by atoms with Crippen LogP contribution in [0.4, 0.5) is 5.69 Å². The van der Waals surface area contributed by atoms with Gasteiger partial charge in [-0.2, -0.15) is 5.10 Å². The monoisotopic (exact) mass is 441 g/mol. The summed E-state index contributed by atoms with van der Waals surface area (Å²) in [5.41, 5.74) is 5.14. The van der Waals surface area contributed by atoms with Crippen molar-refractivity contribution in [2.45, 2.75) is 26.9 Å². The van der Waals surface area contributed by atoms with Crippen molar-refractivity contribution in [2.75, 3.05) is 5.32 Å². The number of aromatic nitrogens is 4.